The van der Waals surface area contributed by atoms with Crippen LogP contribution in [0.5, 0.6) is 5.75 Å². The Balaban J connectivity index is 1.12. The van der Waals surface area contributed by atoms with Crippen LogP contribution in [0.15, 0.2) is 176 Å². The van der Waals surface area contributed by atoms with Crippen LogP contribution in [-0.4, -0.2) is 272 Å². The van der Waals surface area contributed by atoms with Gasteiger partial charge in [0.2, 0.25) is 88.6 Å². The number of carbonyl (C=O) groups is 16. The fourth-order valence-electron chi connectivity index (χ4n) is 15.6. The first-order valence-electron chi connectivity index (χ1n) is 43.5. The SMILES string of the molecule is CCCC[C@H]1C(=O)N(C)CC(=O)N[C@@H](CC(=O)O)C(=O)N[C@@H](C(C)C)C(=O)N(C)[C@@H](Cc2ccccc2)C(=O)N[C@@H](Cc2cccc3[nH]ccc23)C(=O)N(C)CC(=O)N[C@@H](Cc2c[nH]c3ccccc23)C(=O)N[C@@H](Cc2ccc(O)cc2)C(=O)N[C@@H](CC(C)C)C(=O)N[C@H](C(=O)NCC(N)=O)CSCC(=O)N[C@@H](Cc2ccccc2)C(=O)N(C)[C@@H](Cc2ccccc2)C(=O)N1C. The van der Waals surface area contributed by atoms with Crippen LogP contribution < -0.4 is 53.6 Å². The summed E-state index contributed by atoms with van der Waals surface area (Å²) in [4.78, 5) is 248. The first-order valence-corrected chi connectivity index (χ1v) is 44.7. The minimum atomic E-state index is -1.90. The number of hydrogen-bond acceptors (Lipinski definition) is 18. The average Bonchev–Trinajstić information content (AvgIpc) is 1.35. The van der Waals surface area contributed by atoms with E-state index in [1.807, 2.05) is 6.92 Å². The molecule has 0 saturated carbocycles. The third kappa shape index (κ3) is 29.3. The summed E-state index contributed by atoms with van der Waals surface area (Å²) in [6.45, 7) is 6.27. The second kappa shape index (κ2) is 48.5. The van der Waals surface area contributed by atoms with Gasteiger partial charge < -0.3 is 98.3 Å². The van der Waals surface area contributed by atoms with Gasteiger partial charge in [-0.1, -0.05) is 181 Å². The Kier molecular flexibility index (Phi) is 37.3. The predicted octanol–water partition coefficient (Wildman–Crippen LogP) is 3.10. The summed E-state index contributed by atoms with van der Waals surface area (Å²) >= 11 is 0.835. The fraction of sp³-hybridized carbons (Fsp3) is 0.411. The summed E-state index contributed by atoms with van der Waals surface area (Å²) in [6.07, 6.45) is 1.95. The molecular formula is C95H119N17O18S. The molecule has 35 nitrogen and oxygen atoms in total. The average molecular weight is 1820 g/mol. The number of nitrogens with one attached hydrogen (secondary N) is 11. The Morgan fingerprint density at radius 3 is 1.54 bits per heavy atom. The second-order valence-electron chi connectivity index (χ2n) is 33.8. The summed E-state index contributed by atoms with van der Waals surface area (Å²) in [5.74, 6) is -17.0. The highest BCUT2D eigenvalue weighted by atomic mass is 32.2. The number of amides is 15. The molecule has 36 heteroatoms. The molecule has 698 valence electrons. The fourth-order valence-corrected chi connectivity index (χ4v) is 16.5. The van der Waals surface area contributed by atoms with Gasteiger partial charge in [-0.3, -0.25) is 76.7 Å². The van der Waals surface area contributed by atoms with E-state index in [1.54, 1.807) is 180 Å². The number of hydrogen-bond donors (Lipinski definition) is 14. The number of fused-ring (bicyclic) bond motifs is 2. The van der Waals surface area contributed by atoms with Crippen LogP contribution >= 0.6 is 11.8 Å². The number of unbranched alkanes of at least 4 members (excludes halogenated alkanes) is 1. The number of benzene rings is 6. The molecule has 2 aromatic heterocycles. The number of phenolic OH excluding ortho intramolecular Hbond substituents is 1. The number of rotatable bonds is 23. The van der Waals surface area contributed by atoms with E-state index in [1.165, 1.54) is 69.3 Å². The molecule has 1 saturated heterocycles. The summed E-state index contributed by atoms with van der Waals surface area (Å²) < 4.78 is 0. The van der Waals surface area contributed by atoms with Gasteiger partial charge in [0.15, 0.2) is 0 Å². The molecule has 11 atom stereocenters. The molecule has 1 aliphatic rings. The topological polar surface area (TPSA) is 496 Å². The van der Waals surface area contributed by atoms with Crippen molar-refractivity contribution >= 4 is 128 Å². The van der Waals surface area contributed by atoms with Crippen molar-refractivity contribution in [2.75, 3.05) is 66.4 Å². The molecule has 0 aliphatic carbocycles. The number of carbonyl (C=O) groups excluding carboxylic acids is 15. The Morgan fingerprint density at radius 1 is 0.458 bits per heavy atom. The minimum absolute atomic E-state index is 0.0351. The van der Waals surface area contributed by atoms with Crippen molar-refractivity contribution in [3.8, 4) is 5.75 Å². The molecule has 0 unspecified atom stereocenters. The molecule has 131 heavy (non-hydrogen) atoms. The normalized spacial score (nSPS) is 21.8. The molecule has 9 rings (SSSR count). The van der Waals surface area contributed by atoms with E-state index in [2.05, 4.69) is 57.8 Å². The van der Waals surface area contributed by atoms with Crippen LogP contribution in [0.25, 0.3) is 21.8 Å². The third-order valence-electron chi connectivity index (χ3n) is 22.8. The van der Waals surface area contributed by atoms with Crippen molar-refractivity contribution in [3.05, 3.63) is 210 Å². The number of H-pyrrole nitrogens is 2. The standard InChI is InChI=1S/C95H119N17O18S/c1-11-12-35-76-93(128)109(7)53-81(116)101-72(49-83(118)119)89(124)107-84(57(4)5)95(130)111(9)77(45-59-27-18-14-19-28-59)90(125)105-74(47-62-31-24-34-67-66(62)40-41-97-67)91(126)108(6)52-80(115)100-71(48-63-50-98-68-33-23-22-32-65(63)68)88(123)104-70(43-61-36-38-64(113)39-37-61)87(122)103-69(42-56(2)3)86(121)106-75(85(120)99-51-79(96)114)54-131-55-82(117)102-73(44-58-25-16-13-17-26-58)92(127)112(10)78(94(129)110(76)8)46-60-29-20-15-21-30-60/h13-34,36-41,50,56-57,69-78,84,97-98,113H,11-12,35,42-49,51-55H2,1-10H3,(H2,96,114)(H,99,120)(H,100,115)(H,101,116)(H,102,117)(H,103,122)(H,104,123)(H,105,125)(H,106,121)(H,107,124)(H,118,119)/t69-,70-,71-,72-,73-,74-,75-,76-,77-,78-,84-/m0/s1. The maximum absolute atomic E-state index is 15.6. The Morgan fingerprint density at radius 2 is 0.939 bits per heavy atom. The first kappa shape index (κ1) is 101. The lowest BCUT2D eigenvalue weighted by Gasteiger charge is -2.37. The number of aromatic nitrogens is 2. The molecule has 6 aromatic carbocycles. The number of carboxylic acids is 1. The van der Waals surface area contributed by atoms with Gasteiger partial charge in [0.05, 0.1) is 31.8 Å². The number of carboxylic acid groups (broad SMARTS) is 1. The van der Waals surface area contributed by atoms with Crippen molar-refractivity contribution < 1.29 is 86.9 Å². The van der Waals surface area contributed by atoms with Gasteiger partial charge in [0.1, 0.15) is 72.2 Å². The monoisotopic (exact) mass is 1820 g/mol. The lowest BCUT2D eigenvalue weighted by atomic mass is 9.97. The van der Waals surface area contributed by atoms with E-state index in [-0.39, 0.29) is 68.8 Å². The zero-order chi connectivity index (χ0) is 95.3. The highest BCUT2D eigenvalue weighted by molar-refractivity contribution is 8.00. The smallest absolute Gasteiger partial charge is 0.305 e. The third-order valence-corrected chi connectivity index (χ3v) is 23.8. The van der Waals surface area contributed by atoms with Crippen molar-refractivity contribution in [3.63, 3.8) is 0 Å². The molecule has 15 amide bonds. The van der Waals surface area contributed by atoms with E-state index < -0.39 is 199 Å². The molecule has 0 radical (unpaired) electrons. The van der Waals surface area contributed by atoms with Crippen LogP contribution in [0.2, 0.25) is 0 Å². The van der Waals surface area contributed by atoms with Crippen molar-refractivity contribution in [1.82, 2.24) is 82.3 Å². The number of aromatic amines is 2. The van der Waals surface area contributed by atoms with Gasteiger partial charge in [0, 0.05) is 114 Å². The molecule has 0 bridgehead atoms. The second-order valence-corrected chi connectivity index (χ2v) is 34.8. The molecule has 3 heterocycles. The molecule has 15 N–H and O–H groups in total. The number of likely N-dealkylation sites (N-methyl/N-ethyl adjacent to an activating group) is 5. The number of nitrogens with two attached hydrogens (primary N) is 1. The number of nitrogens with zero attached hydrogens (tertiary/aromatic N) is 5. The number of aromatic hydroxyl groups is 1. The predicted molar refractivity (Wildman–Crippen MR) is 492 cm³/mol. The summed E-state index contributed by atoms with van der Waals surface area (Å²) in [6, 6.07) is 29.0. The zero-order valence-corrected chi connectivity index (χ0v) is 76.0. The van der Waals surface area contributed by atoms with Gasteiger partial charge in [0.25, 0.3) is 0 Å². The van der Waals surface area contributed by atoms with Crippen LogP contribution in [0.3, 0.4) is 0 Å². The molecule has 0 spiro atoms. The number of thioether (sulfide) groups is 1. The quantitative estimate of drug-likeness (QED) is 0.0437. The van der Waals surface area contributed by atoms with Crippen LogP contribution in [-0.2, 0) is 115 Å². The van der Waals surface area contributed by atoms with Gasteiger partial charge in [-0.2, -0.15) is 0 Å². The van der Waals surface area contributed by atoms with E-state index in [0.717, 1.165) is 26.5 Å². The van der Waals surface area contributed by atoms with E-state index in [9.17, 15) is 43.8 Å². The Labute approximate surface area is 764 Å². The number of phenols is 1. The van der Waals surface area contributed by atoms with Gasteiger partial charge in [-0.25, -0.2) is 0 Å². The lowest BCUT2D eigenvalue weighted by Crippen LogP contribution is -2.61. The minimum Gasteiger partial charge on any atom is -0.508 e. The first-order chi connectivity index (χ1) is 62.5. The van der Waals surface area contributed by atoms with Crippen LogP contribution in [0.1, 0.15) is 100 Å². The summed E-state index contributed by atoms with van der Waals surface area (Å²) in [5.41, 5.74) is 10.0. The van der Waals surface area contributed by atoms with Crippen molar-refractivity contribution in [2.24, 2.45) is 17.6 Å². The van der Waals surface area contributed by atoms with Crippen molar-refractivity contribution in [2.45, 2.75) is 172 Å². The summed E-state index contributed by atoms with van der Waals surface area (Å²) in [7, 11) is 6.63. The Bertz CT molecular complexity index is 5350. The van der Waals surface area contributed by atoms with E-state index in [0.29, 0.717) is 68.0 Å². The Hall–Kier alpha value is -13.9. The van der Waals surface area contributed by atoms with Gasteiger partial charge in [-0.15, -0.1) is 11.8 Å². The number of para-hydroxylation sites is 1. The number of primary amides is 1. The molecule has 1 fully saturated rings. The summed E-state index contributed by atoms with van der Waals surface area (Å²) in [5, 5.41) is 46.2. The maximum atomic E-state index is 15.6. The van der Waals surface area contributed by atoms with E-state index in [4.69, 9.17) is 5.73 Å². The molecular weight excluding hydrogens is 1700 g/mol. The highest BCUT2D eigenvalue weighted by Gasteiger charge is 2.42. The van der Waals surface area contributed by atoms with Crippen LogP contribution in [0.4, 0.5) is 0 Å². The van der Waals surface area contributed by atoms with Crippen LogP contribution in [0, 0.1) is 11.8 Å². The molecule has 8 aromatic rings. The van der Waals surface area contributed by atoms with Crippen molar-refractivity contribution in [1.29, 1.82) is 0 Å². The zero-order valence-electron chi connectivity index (χ0n) is 75.2. The molecule has 1 aliphatic heterocycles. The lowest BCUT2D eigenvalue weighted by molar-refractivity contribution is -0.151. The van der Waals surface area contributed by atoms with Gasteiger partial charge >= 0.3 is 5.97 Å². The van der Waals surface area contributed by atoms with E-state index >= 15 is 43.2 Å². The number of aliphatic carboxylic acids is 1. The maximum Gasteiger partial charge on any atom is 0.305 e. The van der Waals surface area contributed by atoms with Gasteiger partial charge in [-0.05, 0) is 88.4 Å². The highest BCUT2D eigenvalue weighted by Crippen LogP contribution is 2.26. The largest absolute Gasteiger partial charge is 0.508 e.